The van der Waals surface area contributed by atoms with E-state index in [-0.39, 0.29) is 23.6 Å². The molecule has 2 amide bonds. The lowest BCUT2D eigenvalue weighted by molar-refractivity contribution is -0.113. The summed E-state index contributed by atoms with van der Waals surface area (Å²) in [5, 5.41) is 17.4. The second-order valence-electron chi connectivity index (χ2n) is 7.10. The van der Waals surface area contributed by atoms with E-state index in [0.717, 1.165) is 5.56 Å². The number of nitrogens with zero attached hydrogens (tertiary/aromatic N) is 4. The van der Waals surface area contributed by atoms with Crippen molar-refractivity contribution >= 4 is 29.3 Å². The number of tetrazole rings is 1. The number of hydrogen-bond acceptors (Lipinski definition) is 8. The second-order valence-corrected chi connectivity index (χ2v) is 8.04. The van der Waals surface area contributed by atoms with Gasteiger partial charge in [-0.1, -0.05) is 17.8 Å². The number of carbonyl (C=O) groups excluding carboxylic acids is 2. The molecule has 32 heavy (non-hydrogen) atoms. The van der Waals surface area contributed by atoms with Gasteiger partial charge in [0.05, 0.1) is 11.8 Å². The fourth-order valence-corrected chi connectivity index (χ4v) is 3.72. The third-order valence-corrected chi connectivity index (χ3v) is 5.77. The number of fused-ring (bicyclic) bond motifs is 1. The summed E-state index contributed by atoms with van der Waals surface area (Å²) < 4.78 is 12.6. The first-order valence-electron chi connectivity index (χ1n) is 9.95. The number of benzene rings is 2. The summed E-state index contributed by atoms with van der Waals surface area (Å²) in [4.78, 5) is 24.8. The number of amides is 2. The van der Waals surface area contributed by atoms with E-state index in [1.807, 2.05) is 25.1 Å². The molecule has 166 valence electrons. The SMILES string of the molecule is CC(NC(=O)c1ccc(NC(=O)CSc2nnnn2C)cc1)c1ccc2c(c1)OCCO2. The van der Waals surface area contributed by atoms with E-state index in [1.54, 1.807) is 31.3 Å². The number of aromatic nitrogens is 4. The van der Waals surface area contributed by atoms with Crippen LogP contribution in [0.4, 0.5) is 5.69 Å². The summed E-state index contributed by atoms with van der Waals surface area (Å²) >= 11 is 1.24. The second kappa shape index (κ2) is 9.69. The Bertz CT molecular complexity index is 1120. The average Bonchev–Trinajstić information content (AvgIpc) is 3.22. The molecule has 1 aliphatic heterocycles. The summed E-state index contributed by atoms with van der Waals surface area (Å²) in [7, 11) is 1.71. The third kappa shape index (κ3) is 5.17. The maximum absolute atomic E-state index is 12.6. The smallest absolute Gasteiger partial charge is 0.251 e. The van der Waals surface area contributed by atoms with Crippen LogP contribution in [0.5, 0.6) is 11.5 Å². The Morgan fingerprint density at radius 2 is 1.88 bits per heavy atom. The van der Waals surface area contributed by atoms with E-state index >= 15 is 0 Å². The van der Waals surface area contributed by atoms with Crippen LogP contribution >= 0.6 is 11.8 Å². The minimum atomic E-state index is -0.218. The first-order chi connectivity index (χ1) is 15.5. The maximum atomic E-state index is 12.6. The van der Waals surface area contributed by atoms with Gasteiger partial charge in [0, 0.05) is 18.3 Å². The number of thioether (sulfide) groups is 1. The molecule has 0 saturated heterocycles. The fraction of sp³-hybridized carbons (Fsp3) is 0.286. The average molecular weight is 455 g/mol. The lowest BCUT2D eigenvalue weighted by Crippen LogP contribution is -2.27. The molecule has 0 aliphatic carbocycles. The number of aryl methyl sites for hydroxylation is 1. The Morgan fingerprint density at radius 1 is 1.12 bits per heavy atom. The van der Waals surface area contributed by atoms with Crippen molar-refractivity contribution < 1.29 is 19.1 Å². The van der Waals surface area contributed by atoms with Gasteiger partial charge in [0.1, 0.15) is 13.2 Å². The Morgan fingerprint density at radius 3 is 2.59 bits per heavy atom. The van der Waals surface area contributed by atoms with E-state index in [9.17, 15) is 9.59 Å². The number of nitrogens with one attached hydrogen (secondary N) is 2. The van der Waals surface area contributed by atoms with Crippen molar-refractivity contribution in [2.45, 2.75) is 18.1 Å². The van der Waals surface area contributed by atoms with Crippen LogP contribution in [0.3, 0.4) is 0 Å². The molecule has 1 aliphatic rings. The Balaban J connectivity index is 1.30. The monoisotopic (exact) mass is 454 g/mol. The van der Waals surface area contributed by atoms with E-state index in [2.05, 4.69) is 26.2 Å². The van der Waals surface area contributed by atoms with Gasteiger partial charge in [0.2, 0.25) is 11.1 Å². The van der Waals surface area contributed by atoms with E-state index in [0.29, 0.717) is 41.1 Å². The molecule has 11 heteroatoms. The summed E-state index contributed by atoms with van der Waals surface area (Å²) in [6.45, 7) is 2.95. The molecule has 0 radical (unpaired) electrons. The van der Waals surface area contributed by atoms with E-state index in [4.69, 9.17) is 9.47 Å². The van der Waals surface area contributed by atoms with Crippen molar-refractivity contribution in [2.24, 2.45) is 7.05 Å². The molecule has 0 saturated carbocycles. The predicted molar refractivity (Wildman–Crippen MR) is 118 cm³/mol. The highest BCUT2D eigenvalue weighted by Crippen LogP contribution is 2.32. The Hall–Kier alpha value is -3.60. The molecule has 0 spiro atoms. The molecule has 2 aromatic carbocycles. The topological polar surface area (TPSA) is 120 Å². The van der Waals surface area contributed by atoms with Gasteiger partial charge in [-0.05, 0) is 59.3 Å². The van der Waals surface area contributed by atoms with Crippen LogP contribution in [0.25, 0.3) is 0 Å². The van der Waals surface area contributed by atoms with Crippen molar-refractivity contribution in [2.75, 3.05) is 24.3 Å². The van der Waals surface area contributed by atoms with Gasteiger partial charge in [-0.3, -0.25) is 9.59 Å². The van der Waals surface area contributed by atoms with Crippen LogP contribution < -0.4 is 20.1 Å². The minimum absolute atomic E-state index is 0.170. The molecule has 1 aromatic heterocycles. The molecule has 2 N–H and O–H groups in total. The number of hydrogen-bond donors (Lipinski definition) is 2. The number of rotatable bonds is 7. The summed E-state index contributed by atoms with van der Waals surface area (Å²) in [5.74, 6) is 1.16. The number of carbonyl (C=O) groups is 2. The van der Waals surface area contributed by atoms with Crippen LogP contribution in [0.15, 0.2) is 47.6 Å². The van der Waals surface area contributed by atoms with Gasteiger partial charge in [0.25, 0.3) is 5.91 Å². The molecule has 2 heterocycles. The van der Waals surface area contributed by atoms with E-state index in [1.165, 1.54) is 16.4 Å². The normalized spacial score (nSPS) is 13.3. The summed E-state index contributed by atoms with van der Waals surface area (Å²) in [6.07, 6.45) is 0. The molecule has 0 fully saturated rings. The molecule has 3 aromatic rings. The van der Waals surface area contributed by atoms with Crippen molar-refractivity contribution in [3.63, 3.8) is 0 Å². The number of anilines is 1. The van der Waals surface area contributed by atoms with E-state index < -0.39 is 0 Å². The van der Waals surface area contributed by atoms with Gasteiger partial charge >= 0.3 is 0 Å². The van der Waals surface area contributed by atoms with Crippen LogP contribution in [0, 0.1) is 0 Å². The molecular weight excluding hydrogens is 432 g/mol. The zero-order valence-electron chi connectivity index (χ0n) is 17.6. The van der Waals surface area contributed by atoms with Crippen LogP contribution in [0.1, 0.15) is 28.9 Å². The number of ether oxygens (including phenoxy) is 2. The van der Waals surface area contributed by atoms with Gasteiger partial charge in [-0.2, -0.15) is 0 Å². The molecule has 0 bridgehead atoms. The summed E-state index contributed by atoms with van der Waals surface area (Å²) in [6, 6.07) is 12.1. The molecule has 10 nitrogen and oxygen atoms in total. The molecule has 1 atom stereocenters. The van der Waals surface area contributed by atoms with Crippen LogP contribution in [-0.2, 0) is 11.8 Å². The van der Waals surface area contributed by atoms with Crippen molar-refractivity contribution in [1.29, 1.82) is 0 Å². The fourth-order valence-electron chi connectivity index (χ4n) is 3.07. The lowest BCUT2D eigenvalue weighted by atomic mass is 10.1. The third-order valence-electron chi connectivity index (χ3n) is 4.76. The van der Waals surface area contributed by atoms with Gasteiger partial charge in [-0.25, -0.2) is 4.68 Å². The largest absolute Gasteiger partial charge is 0.486 e. The highest BCUT2D eigenvalue weighted by Gasteiger charge is 2.17. The van der Waals surface area contributed by atoms with Crippen LogP contribution in [0.2, 0.25) is 0 Å². The zero-order valence-corrected chi connectivity index (χ0v) is 18.4. The zero-order chi connectivity index (χ0) is 22.5. The van der Waals surface area contributed by atoms with Gasteiger partial charge < -0.3 is 20.1 Å². The maximum Gasteiger partial charge on any atom is 0.251 e. The van der Waals surface area contributed by atoms with Crippen molar-refractivity contribution in [3.05, 3.63) is 53.6 Å². The van der Waals surface area contributed by atoms with Gasteiger partial charge in [0.15, 0.2) is 11.5 Å². The summed E-state index contributed by atoms with van der Waals surface area (Å²) in [5.41, 5.74) is 2.01. The van der Waals surface area contributed by atoms with Crippen molar-refractivity contribution in [1.82, 2.24) is 25.5 Å². The predicted octanol–water partition coefficient (Wildman–Crippen LogP) is 2.20. The molecule has 1 unspecified atom stereocenters. The quantitative estimate of drug-likeness (QED) is 0.522. The Labute approximate surface area is 188 Å². The van der Waals surface area contributed by atoms with Crippen molar-refractivity contribution in [3.8, 4) is 11.5 Å². The molecule has 4 rings (SSSR count). The molecular formula is C21H22N6O4S. The van der Waals surface area contributed by atoms with Crippen LogP contribution in [-0.4, -0.2) is 51.0 Å². The first-order valence-corrected chi connectivity index (χ1v) is 10.9. The first kappa shape index (κ1) is 21.6. The minimum Gasteiger partial charge on any atom is -0.486 e. The van der Waals surface area contributed by atoms with Gasteiger partial charge in [-0.15, -0.1) is 5.10 Å². The lowest BCUT2D eigenvalue weighted by Gasteiger charge is -2.21. The standard InChI is InChI=1S/C21H22N6O4S/c1-13(15-5-8-17-18(11-15)31-10-9-30-17)22-20(29)14-3-6-16(7-4-14)23-19(28)12-32-21-24-25-26-27(21)2/h3-8,11,13H,9-10,12H2,1-2H3,(H,22,29)(H,23,28). The highest BCUT2D eigenvalue weighted by atomic mass is 32.2. The highest BCUT2D eigenvalue weighted by molar-refractivity contribution is 7.99. The Kier molecular flexibility index (Phi) is 6.55.